The van der Waals surface area contributed by atoms with Crippen molar-refractivity contribution < 1.29 is 4.42 Å². The third kappa shape index (κ3) is 5.09. The highest BCUT2D eigenvalue weighted by Crippen LogP contribution is 2.65. The summed E-state index contributed by atoms with van der Waals surface area (Å²) in [4.78, 5) is 4.73. The van der Waals surface area contributed by atoms with E-state index < -0.39 is 5.41 Å². The second-order valence-corrected chi connectivity index (χ2v) is 15.6. The zero-order valence-corrected chi connectivity index (χ0v) is 32.7. The van der Waals surface area contributed by atoms with Crippen LogP contribution in [0.4, 0.5) is 34.1 Å². The van der Waals surface area contributed by atoms with Gasteiger partial charge in [0.15, 0.2) is 0 Å². The third-order valence-corrected chi connectivity index (χ3v) is 12.4. The summed E-state index contributed by atoms with van der Waals surface area (Å²) in [5.41, 5.74) is 17.7. The van der Waals surface area contributed by atoms with Gasteiger partial charge in [-0.25, -0.2) is 0 Å². The molecule has 1 aromatic heterocycles. The van der Waals surface area contributed by atoms with E-state index in [0.717, 1.165) is 56.4 Å². The summed E-state index contributed by atoms with van der Waals surface area (Å²) in [6.45, 7) is 0. The summed E-state index contributed by atoms with van der Waals surface area (Å²) in [6.07, 6.45) is 0. The number of nitrogens with zero attached hydrogens (tertiary/aromatic N) is 2. The van der Waals surface area contributed by atoms with Crippen molar-refractivity contribution >= 4 is 45.1 Å². The maximum absolute atomic E-state index is 7.21. The van der Waals surface area contributed by atoms with Gasteiger partial charge in [-0.2, -0.15) is 0 Å². The van der Waals surface area contributed by atoms with Crippen LogP contribution < -0.4 is 9.80 Å². The average Bonchev–Trinajstić information content (AvgIpc) is 3.94. The molecule has 1 atom stereocenters. The standard InChI is InChI=1S/C57H38N2O/c1-5-17-39(18-6-1)40-29-31-44(32-30-40)59(43-23-11-4-12-24-43)46-33-35-48-47-25-13-15-27-51(47)57(53(48)38-46)52-36-34-45(37-50(52)55-49-26-14-16-28-54(49)60-56(55)57)58(41-19-7-2-8-20-41)42-21-9-3-10-22-42/h1-38H. The molecular weight excluding hydrogens is 729 g/mol. The Balaban J connectivity index is 1.10. The van der Waals surface area contributed by atoms with E-state index in [2.05, 4.69) is 240 Å². The van der Waals surface area contributed by atoms with Gasteiger partial charge in [0.2, 0.25) is 0 Å². The van der Waals surface area contributed by atoms with Crippen molar-refractivity contribution in [1.82, 2.24) is 0 Å². The molecule has 0 amide bonds. The topological polar surface area (TPSA) is 19.6 Å². The monoisotopic (exact) mass is 766 g/mol. The first kappa shape index (κ1) is 34.2. The maximum Gasteiger partial charge on any atom is 0.135 e. The quantitative estimate of drug-likeness (QED) is 0.161. The summed E-state index contributed by atoms with van der Waals surface area (Å²) in [6, 6.07) is 83.0. The molecule has 0 N–H and O–H groups in total. The Morgan fingerprint density at radius 3 is 1.45 bits per heavy atom. The molecular formula is C57H38N2O. The maximum atomic E-state index is 7.21. The van der Waals surface area contributed by atoms with Gasteiger partial charge in [0.25, 0.3) is 0 Å². The molecule has 0 bridgehead atoms. The highest BCUT2D eigenvalue weighted by atomic mass is 16.3. The van der Waals surface area contributed by atoms with E-state index in [0.29, 0.717) is 0 Å². The molecule has 2 aliphatic rings. The minimum atomic E-state index is -0.687. The van der Waals surface area contributed by atoms with E-state index in [-0.39, 0.29) is 0 Å². The van der Waals surface area contributed by atoms with Crippen LogP contribution in [0.5, 0.6) is 0 Å². The summed E-state index contributed by atoms with van der Waals surface area (Å²) in [7, 11) is 0. The van der Waals surface area contributed by atoms with Crippen molar-refractivity contribution in [2.45, 2.75) is 5.41 Å². The minimum absolute atomic E-state index is 0.687. The number of rotatable bonds is 7. The zero-order chi connectivity index (χ0) is 39.6. The molecule has 0 radical (unpaired) electrons. The molecule has 1 spiro atoms. The number of furan rings is 1. The summed E-state index contributed by atoms with van der Waals surface area (Å²) in [5.74, 6) is 0.976. The van der Waals surface area contributed by atoms with Crippen molar-refractivity contribution in [2.24, 2.45) is 0 Å². The Kier molecular flexibility index (Phi) is 7.76. The number of hydrogen-bond donors (Lipinski definition) is 0. The molecule has 60 heavy (non-hydrogen) atoms. The third-order valence-electron chi connectivity index (χ3n) is 12.4. The molecule has 0 saturated carbocycles. The van der Waals surface area contributed by atoms with E-state index in [9.17, 15) is 0 Å². The van der Waals surface area contributed by atoms with Gasteiger partial charge in [-0.1, -0.05) is 152 Å². The van der Waals surface area contributed by atoms with Crippen LogP contribution in [0.3, 0.4) is 0 Å². The Morgan fingerprint density at radius 2 is 0.783 bits per heavy atom. The number of para-hydroxylation sites is 4. The average molecular weight is 767 g/mol. The van der Waals surface area contributed by atoms with E-state index in [4.69, 9.17) is 4.42 Å². The number of hydrogen-bond acceptors (Lipinski definition) is 3. The molecule has 282 valence electrons. The first-order valence-electron chi connectivity index (χ1n) is 20.6. The van der Waals surface area contributed by atoms with Crippen molar-refractivity contribution in [3.63, 3.8) is 0 Å². The van der Waals surface area contributed by atoms with Gasteiger partial charge in [-0.05, 0) is 123 Å². The summed E-state index contributed by atoms with van der Waals surface area (Å²) in [5, 5.41) is 1.13. The van der Waals surface area contributed by atoms with Gasteiger partial charge in [0.1, 0.15) is 16.8 Å². The Hall–Kier alpha value is -7.88. The lowest BCUT2D eigenvalue weighted by Gasteiger charge is -2.31. The molecule has 1 heterocycles. The normalized spacial score (nSPS) is 14.4. The lowest BCUT2D eigenvalue weighted by molar-refractivity contribution is 0.507. The minimum Gasteiger partial charge on any atom is -0.459 e. The molecule has 0 fully saturated rings. The number of fused-ring (bicyclic) bond motifs is 12. The van der Waals surface area contributed by atoms with Gasteiger partial charge in [0, 0.05) is 45.1 Å². The Labute approximate surface area is 349 Å². The van der Waals surface area contributed by atoms with Crippen LogP contribution in [-0.4, -0.2) is 0 Å². The Morgan fingerprint density at radius 1 is 0.317 bits per heavy atom. The molecule has 2 aliphatic carbocycles. The molecule has 0 saturated heterocycles. The van der Waals surface area contributed by atoms with Crippen molar-refractivity contribution in [2.75, 3.05) is 9.80 Å². The molecule has 9 aromatic carbocycles. The van der Waals surface area contributed by atoms with Crippen LogP contribution in [0.1, 0.15) is 22.5 Å². The van der Waals surface area contributed by atoms with Crippen LogP contribution in [0.15, 0.2) is 235 Å². The fraction of sp³-hybridized carbons (Fsp3) is 0.0175. The second kappa shape index (κ2) is 13.6. The smallest absolute Gasteiger partial charge is 0.135 e. The predicted molar refractivity (Wildman–Crippen MR) is 247 cm³/mol. The lowest BCUT2D eigenvalue weighted by atomic mass is 9.73. The van der Waals surface area contributed by atoms with Gasteiger partial charge < -0.3 is 14.2 Å². The first-order chi connectivity index (χ1) is 29.8. The van der Waals surface area contributed by atoms with Crippen LogP contribution >= 0.6 is 0 Å². The molecule has 3 nitrogen and oxygen atoms in total. The number of benzene rings is 9. The summed E-state index contributed by atoms with van der Waals surface area (Å²) < 4.78 is 7.21. The second-order valence-electron chi connectivity index (χ2n) is 15.6. The highest BCUT2D eigenvalue weighted by Gasteiger charge is 2.55. The SMILES string of the molecule is c1ccc(-c2ccc(N(c3ccccc3)c3ccc4c(c3)C3(c5ccccc5-4)c4ccc(N(c5ccccc5)c5ccccc5)cc4-c4c3oc3ccccc43)cc2)cc1. The lowest BCUT2D eigenvalue weighted by Crippen LogP contribution is -2.26. The van der Waals surface area contributed by atoms with E-state index in [1.165, 1.54) is 44.5 Å². The largest absolute Gasteiger partial charge is 0.459 e. The summed E-state index contributed by atoms with van der Waals surface area (Å²) >= 11 is 0. The number of anilines is 6. The van der Waals surface area contributed by atoms with Gasteiger partial charge in [0.05, 0.1) is 0 Å². The molecule has 0 aliphatic heterocycles. The van der Waals surface area contributed by atoms with Gasteiger partial charge in [-0.3, -0.25) is 0 Å². The van der Waals surface area contributed by atoms with Crippen LogP contribution in [0, 0.1) is 0 Å². The van der Waals surface area contributed by atoms with Crippen molar-refractivity contribution in [3.05, 3.63) is 253 Å². The highest BCUT2D eigenvalue weighted by molar-refractivity contribution is 6.05. The Bertz CT molecular complexity index is 3150. The molecule has 3 heteroatoms. The van der Waals surface area contributed by atoms with Crippen LogP contribution in [-0.2, 0) is 5.41 Å². The van der Waals surface area contributed by atoms with Crippen molar-refractivity contribution in [1.29, 1.82) is 0 Å². The van der Waals surface area contributed by atoms with E-state index in [1.54, 1.807) is 0 Å². The van der Waals surface area contributed by atoms with E-state index in [1.807, 2.05) is 0 Å². The van der Waals surface area contributed by atoms with Gasteiger partial charge in [-0.15, -0.1) is 0 Å². The predicted octanol–water partition coefficient (Wildman–Crippen LogP) is 15.4. The van der Waals surface area contributed by atoms with Crippen LogP contribution in [0.25, 0.3) is 44.3 Å². The van der Waals surface area contributed by atoms with E-state index >= 15 is 0 Å². The fourth-order valence-electron chi connectivity index (χ4n) is 9.90. The van der Waals surface area contributed by atoms with Gasteiger partial charge >= 0.3 is 0 Å². The fourth-order valence-corrected chi connectivity index (χ4v) is 9.90. The molecule has 1 unspecified atom stereocenters. The first-order valence-corrected chi connectivity index (χ1v) is 20.6. The molecule has 12 rings (SSSR count). The van der Waals surface area contributed by atoms with Crippen LogP contribution in [0.2, 0.25) is 0 Å². The zero-order valence-electron chi connectivity index (χ0n) is 32.7. The molecule has 10 aromatic rings. The van der Waals surface area contributed by atoms with Crippen molar-refractivity contribution in [3.8, 4) is 33.4 Å².